The highest BCUT2D eigenvalue weighted by Gasteiger charge is 1.97. The summed E-state index contributed by atoms with van der Waals surface area (Å²) >= 11 is 16.5. The number of hydrogen-bond donors (Lipinski definition) is 0. The molecule has 2 heterocycles. The number of rotatable bonds is 1. The number of methoxy groups -OCH3 is 1. The highest BCUT2D eigenvalue weighted by molar-refractivity contribution is 6.31. The minimum atomic E-state index is 0.194. The van der Waals surface area contributed by atoms with E-state index < -0.39 is 0 Å². The first kappa shape index (κ1) is 15.9. The molecule has 0 aromatic carbocycles. The van der Waals surface area contributed by atoms with Crippen LogP contribution in [-0.4, -0.2) is 27.0 Å². The van der Waals surface area contributed by atoms with E-state index in [-0.39, 0.29) is 10.6 Å². The van der Waals surface area contributed by atoms with Gasteiger partial charge in [-0.2, -0.15) is 4.98 Å². The van der Waals surface area contributed by atoms with Crippen molar-refractivity contribution >= 4 is 34.8 Å². The molecule has 0 radical (unpaired) electrons. The number of aromatic nitrogens is 4. The lowest BCUT2D eigenvalue weighted by Crippen LogP contribution is -1.91. The summed E-state index contributed by atoms with van der Waals surface area (Å²) in [6.07, 6.45) is 0. The Bertz CT molecular complexity index is 495. The van der Waals surface area contributed by atoms with Gasteiger partial charge in [-0.15, -0.1) is 0 Å². The van der Waals surface area contributed by atoms with Crippen LogP contribution in [0.4, 0.5) is 0 Å². The van der Waals surface area contributed by atoms with Crippen molar-refractivity contribution in [3.05, 3.63) is 39.2 Å². The molecular formula is C11H11Cl3N4O. The first-order valence-electron chi connectivity index (χ1n) is 5.12. The van der Waals surface area contributed by atoms with Crippen LogP contribution in [0.3, 0.4) is 0 Å². The average Bonchev–Trinajstić information content (AvgIpc) is 2.26. The van der Waals surface area contributed by atoms with Crippen LogP contribution in [0.1, 0.15) is 11.4 Å². The third kappa shape index (κ3) is 6.00. The molecular weight excluding hydrogens is 311 g/mol. The number of aryl methyl sites for hydroxylation is 2. The molecule has 2 aromatic rings. The predicted octanol–water partition coefficient (Wildman–Crippen LogP) is 3.54. The molecule has 0 spiro atoms. The molecule has 0 aliphatic carbocycles. The van der Waals surface area contributed by atoms with Crippen molar-refractivity contribution in [3.63, 3.8) is 0 Å². The summed E-state index contributed by atoms with van der Waals surface area (Å²) in [6.45, 7) is 3.63. The van der Waals surface area contributed by atoms with Crippen LogP contribution < -0.4 is 4.74 Å². The molecule has 0 N–H and O–H groups in total. The normalized spacial score (nSPS) is 9.58. The third-order valence-electron chi connectivity index (χ3n) is 1.81. The molecule has 0 aliphatic heterocycles. The van der Waals surface area contributed by atoms with E-state index >= 15 is 0 Å². The molecule has 0 fully saturated rings. The van der Waals surface area contributed by atoms with Gasteiger partial charge >= 0.3 is 0 Å². The van der Waals surface area contributed by atoms with E-state index in [1.165, 1.54) is 7.11 Å². The second-order valence-corrected chi connectivity index (χ2v) is 4.49. The summed E-state index contributed by atoms with van der Waals surface area (Å²) in [6, 6.07) is 3.36. The quantitative estimate of drug-likeness (QED) is 0.594. The maximum Gasteiger partial charge on any atom is 0.225 e. The monoisotopic (exact) mass is 320 g/mol. The molecule has 0 unspecified atom stereocenters. The van der Waals surface area contributed by atoms with Crippen molar-refractivity contribution in [2.45, 2.75) is 13.8 Å². The van der Waals surface area contributed by atoms with Gasteiger partial charge in [0.2, 0.25) is 16.4 Å². The zero-order valence-corrected chi connectivity index (χ0v) is 12.8. The zero-order valence-electron chi connectivity index (χ0n) is 10.5. The van der Waals surface area contributed by atoms with Gasteiger partial charge in [0.1, 0.15) is 5.15 Å². The molecule has 0 saturated carbocycles. The molecule has 19 heavy (non-hydrogen) atoms. The van der Waals surface area contributed by atoms with E-state index in [0.717, 1.165) is 11.4 Å². The molecule has 0 atom stereocenters. The van der Waals surface area contributed by atoms with E-state index in [4.69, 9.17) is 39.5 Å². The van der Waals surface area contributed by atoms with E-state index in [1.807, 2.05) is 6.92 Å². The van der Waals surface area contributed by atoms with E-state index in [1.54, 1.807) is 19.1 Å². The van der Waals surface area contributed by atoms with Gasteiger partial charge in [0.05, 0.1) is 7.11 Å². The second kappa shape index (κ2) is 7.43. The van der Waals surface area contributed by atoms with Gasteiger partial charge < -0.3 is 4.74 Å². The predicted molar refractivity (Wildman–Crippen MR) is 75.1 cm³/mol. The maximum atomic E-state index is 5.53. The molecule has 2 aromatic heterocycles. The summed E-state index contributed by atoms with van der Waals surface area (Å²) < 4.78 is 4.84. The number of ether oxygens (including phenoxy) is 1. The Hall–Kier alpha value is -1.17. The molecule has 0 bridgehead atoms. The van der Waals surface area contributed by atoms with Crippen LogP contribution in [0, 0.1) is 13.8 Å². The van der Waals surface area contributed by atoms with Crippen LogP contribution in [0.5, 0.6) is 5.88 Å². The molecule has 5 nitrogen and oxygen atoms in total. The Morgan fingerprint density at radius 3 is 1.79 bits per heavy atom. The second-order valence-electron chi connectivity index (χ2n) is 3.42. The molecule has 102 valence electrons. The van der Waals surface area contributed by atoms with Gasteiger partial charge in [-0.1, -0.05) is 11.6 Å². The topological polar surface area (TPSA) is 60.8 Å². The first-order chi connectivity index (χ1) is 8.90. The van der Waals surface area contributed by atoms with Crippen LogP contribution in [0.15, 0.2) is 12.1 Å². The Morgan fingerprint density at radius 1 is 0.842 bits per heavy atom. The van der Waals surface area contributed by atoms with E-state index in [9.17, 15) is 0 Å². The lowest BCUT2D eigenvalue weighted by molar-refractivity contribution is 0.396. The van der Waals surface area contributed by atoms with Crippen LogP contribution >= 0.6 is 34.8 Å². The molecule has 0 aliphatic rings. The van der Waals surface area contributed by atoms with Crippen molar-refractivity contribution < 1.29 is 4.74 Å². The van der Waals surface area contributed by atoms with Crippen molar-refractivity contribution in [2.75, 3.05) is 7.11 Å². The zero-order chi connectivity index (χ0) is 14.4. The molecule has 8 heteroatoms. The lowest BCUT2D eigenvalue weighted by atomic mass is 10.4. The minimum Gasteiger partial charge on any atom is -0.481 e. The van der Waals surface area contributed by atoms with Gasteiger partial charge in [0, 0.05) is 17.5 Å². The fraction of sp³-hybridized carbons (Fsp3) is 0.273. The lowest BCUT2D eigenvalue weighted by Gasteiger charge is -1.98. The van der Waals surface area contributed by atoms with Gasteiger partial charge in [0.25, 0.3) is 0 Å². The van der Waals surface area contributed by atoms with Crippen LogP contribution in [0.2, 0.25) is 15.7 Å². The summed E-state index contributed by atoms with van der Waals surface area (Å²) in [5.41, 5.74) is 1.58. The number of nitrogens with zero attached hydrogens (tertiary/aromatic N) is 4. The van der Waals surface area contributed by atoms with Crippen LogP contribution in [0.25, 0.3) is 0 Å². The Morgan fingerprint density at radius 2 is 1.37 bits per heavy atom. The highest BCUT2D eigenvalue weighted by Crippen LogP contribution is 2.10. The van der Waals surface area contributed by atoms with Crippen molar-refractivity contribution in [2.24, 2.45) is 0 Å². The molecule has 0 amide bonds. The first-order valence-corrected chi connectivity index (χ1v) is 6.26. The van der Waals surface area contributed by atoms with Gasteiger partial charge in [-0.25, -0.2) is 15.0 Å². The summed E-state index contributed by atoms with van der Waals surface area (Å²) in [4.78, 5) is 15.1. The maximum absolute atomic E-state index is 5.53. The largest absolute Gasteiger partial charge is 0.481 e. The number of halogens is 3. The van der Waals surface area contributed by atoms with Crippen molar-refractivity contribution in [1.29, 1.82) is 0 Å². The van der Waals surface area contributed by atoms with Crippen LogP contribution in [-0.2, 0) is 0 Å². The number of hydrogen-bond acceptors (Lipinski definition) is 5. The SMILES string of the molecule is COc1cc(C)nc(Cl)n1.Cc1cc(Cl)nc(Cl)n1. The standard InChI is InChI=1S/C6H7ClN2O.C5H4Cl2N2/c1-4-3-5(10-2)9-6(7)8-4;1-3-2-4(6)9-5(7)8-3/h3H,1-2H3;2H,1H3. The van der Waals surface area contributed by atoms with E-state index in [2.05, 4.69) is 19.9 Å². The summed E-state index contributed by atoms with van der Waals surface area (Å²) in [5.74, 6) is 0.498. The van der Waals surface area contributed by atoms with E-state index in [0.29, 0.717) is 11.0 Å². The minimum absolute atomic E-state index is 0.194. The Balaban J connectivity index is 0.000000191. The fourth-order valence-corrected chi connectivity index (χ4v) is 1.83. The Labute approximate surface area is 125 Å². The summed E-state index contributed by atoms with van der Waals surface area (Å²) in [5, 5.41) is 0.796. The van der Waals surface area contributed by atoms with Gasteiger partial charge in [-0.05, 0) is 43.1 Å². The van der Waals surface area contributed by atoms with Gasteiger partial charge in [0.15, 0.2) is 0 Å². The Kier molecular flexibility index (Phi) is 6.21. The van der Waals surface area contributed by atoms with Crippen molar-refractivity contribution in [1.82, 2.24) is 19.9 Å². The average molecular weight is 322 g/mol. The highest BCUT2D eigenvalue weighted by atomic mass is 35.5. The van der Waals surface area contributed by atoms with Gasteiger partial charge in [-0.3, -0.25) is 0 Å². The fourth-order valence-electron chi connectivity index (χ4n) is 1.10. The molecule has 2 rings (SSSR count). The third-order valence-corrected chi connectivity index (χ3v) is 2.34. The smallest absolute Gasteiger partial charge is 0.225 e. The summed E-state index contributed by atoms with van der Waals surface area (Å²) in [7, 11) is 1.54. The molecule has 0 saturated heterocycles. The van der Waals surface area contributed by atoms with Crippen molar-refractivity contribution in [3.8, 4) is 5.88 Å².